The van der Waals surface area contributed by atoms with E-state index in [1.54, 1.807) is 12.1 Å². The zero-order valence-corrected chi connectivity index (χ0v) is 22.4. The SMILES string of the molecule is CCC(C)C(NC(=O)C(N)C(C)C)C(=O)NC(CCSC)C(=O)NC(Cc1ccc(O)cc1)C(=O)O. The van der Waals surface area contributed by atoms with Crippen molar-refractivity contribution >= 4 is 35.5 Å². The lowest BCUT2D eigenvalue weighted by Gasteiger charge is -2.28. The van der Waals surface area contributed by atoms with Crippen LogP contribution in [-0.2, 0) is 25.6 Å². The Hall–Kier alpha value is -2.79. The largest absolute Gasteiger partial charge is 0.508 e. The molecule has 5 atom stereocenters. The second-order valence-electron chi connectivity index (χ2n) is 9.25. The summed E-state index contributed by atoms with van der Waals surface area (Å²) in [7, 11) is 0. The van der Waals surface area contributed by atoms with Gasteiger partial charge >= 0.3 is 5.97 Å². The fraction of sp³-hybridized carbons (Fsp3) is 0.600. The third-order valence-corrected chi connectivity index (χ3v) is 6.69. The van der Waals surface area contributed by atoms with Gasteiger partial charge in [0.15, 0.2) is 0 Å². The maximum atomic E-state index is 13.2. The quantitative estimate of drug-likeness (QED) is 0.199. The second-order valence-corrected chi connectivity index (χ2v) is 10.2. The molecule has 3 amide bonds. The molecule has 0 bridgehead atoms. The highest BCUT2D eigenvalue weighted by Crippen LogP contribution is 2.13. The molecule has 0 radical (unpaired) electrons. The molecule has 0 spiro atoms. The number of hydrogen-bond acceptors (Lipinski definition) is 7. The van der Waals surface area contributed by atoms with Gasteiger partial charge in [0.1, 0.15) is 23.9 Å². The second kappa shape index (κ2) is 15.4. The van der Waals surface area contributed by atoms with Gasteiger partial charge in [-0.25, -0.2) is 4.79 Å². The van der Waals surface area contributed by atoms with Crippen molar-refractivity contribution in [2.45, 2.75) is 71.1 Å². The molecular formula is C25H40N4O6S. The van der Waals surface area contributed by atoms with E-state index in [1.165, 1.54) is 23.9 Å². The molecule has 0 saturated heterocycles. The number of hydrogen-bond donors (Lipinski definition) is 6. The first-order valence-corrected chi connectivity index (χ1v) is 13.5. The van der Waals surface area contributed by atoms with Gasteiger partial charge in [0.25, 0.3) is 0 Å². The first-order chi connectivity index (χ1) is 16.9. The first-order valence-electron chi connectivity index (χ1n) is 12.1. The van der Waals surface area contributed by atoms with Gasteiger partial charge in [0.2, 0.25) is 17.7 Å². The van der Waals surface area contributed by atoms with E-state index in [-0.39, 0.29) is 30.4 Å². The number of carboxylic acid groups (broad SMARTS) is 1. The molecule has 202 valence electrons. The van der Waals surface area contributed by atoms with Gasteiger partial charge in [-0.3, -0.25) is 14.4 Å². The van der Waals surface area contributed by atoms with E-state index in [0.29, 0.717) is 17.7 Å². The zero-order chi connectivity index (χ0) is 27.4. The van der Waals surface area contributed by atoms with Crippen molar-refractivity contribution in [3.63, 3.8) is 0 Å². The summed E-state index contributed by atoms with van der Waals surface area (Å²) in [6, 6.07) is 2.12. The summed E-state index contributed by atoms with van der Waals surface area (Å²) in [6.07, 6.45) is 2.74. The van der Waals surface area contributed by atoms with E-state index in [1.807, 2.05) is 34.0 Å². The minimum Gasteiger partial charge on any atom is -0.508 e. The van der Waals surface area contributed by atoms with Crippen molar-refractivity contribution in [2.24, 2.45) is 17.6 Å². The molecule has 1 aromatic carbocycles. The Labute approximate surface area is 217 Å². The van der Waals surface area contributed by atoms with E-state index < -0.39 is 47.9 Å². The van der Waals surface area contributed by atoms with Crippen LogP contribution in [0.4, 0.5) is 0 Å². The van der Waals surface area contributed by atoms with Gasteiger partial charge in [0.05, 0.1) is 6.04 Å². The molecular weight excluding hydrogens is 484 g/mol. The number of benzene rings is 1. The number of nitrogens with two attached hydrogens (primary N) is 1. The number of carboxylic acids is 1. The van der Waals surface area contributed by atoms with Crippen LogP contribution in [-0.4, -0.2) is 70.1 Å². The van der Waals surface area contributed by atoms with Crippen LogP contribution >= 0.6 is 11.8 Å². The van der Waals surface area contributed by atoms with Crippen LogP contribution in [0, 0.1) is 11.8 Å². The molecule has 1 aromatic rings. The lowest BCUT2D eigenvalue weighted by Crippen LogP contribution is -2.59. The summed E-state index contributed by atoms with van der Waals surface area (Å²) in [5, 5.41) is 27.0. The van der Waals surface area contributed by atoms with Crippen molar-refractivity contribution in [3.05, 3.63) is 29.8 Å². The van der Waals surface area contributed by atoms with Crippen molar-refractivity contribution in [1.82, 2.24) is 16.0 Å². The van der Waals surface area contributed by atoms with Crippen LogP contribution in [0.25, 0.3) is 0 Å². The number of carbonyl (C=O) groups is 4. The molecule has 11 heteroatoms. The predicted molar refractivity (Wildman–Crippen MR) is 141 cm³/mol. The van der Waals surface area contributed by atoms with Gasteiger partial charge in [-0.1, -0.05) is 46.2 Å². The van der Waals surface area contributed by atoms with E-state index in [4.69, 9.17) is 5.73 Å². The number of aliphatic carboxylic acids is 1. The molecule has 0 aromatic heterocycles. The van der Waals surface area contributed by atoms with E-state index >= 15 is 0 Å². The normalized spacial score (nSPS) is 15.3. The molecule has 7 N–H and O–H groups in total. The number of thioether (sulfide) groups is 1. The lowest BCUT2D eigenvalue weighted by atomic mass is 9.96. The van der Waals surface area contributed by atoms with Gasteiger partial charge < -0.3 is 31.9 Å². The Balaban J connectivity index is 3.02. The number of rotatable bonds is 15. The summed E-state index contributed by atoms with van der Waals surface area (Å²) in [4.78, 5) is 50.7. The zero-order valence-electron chi connectivity index (χ0n) is 21.6. The lowest BCUT2D eigenvalue weighted by molar-refractivity contribution is -0.142. The number of phenolic OH excluding ortho intramolecular Hbond substituents is 1. The van der Waals surface area contributed by atoms with Gasteiger partial charge in [-0.2, -0.15) is 11.8 Å². The van der Waals surface area contributed by atoms with E-state index in [2.05, 4.69) is 16.0 Å². The molecule has 5 unspecified atom stereocenters. The van der Waals surface area contributed by atoms with Crippen LogP contribution in [0.15, 0.2) is 24.3 Å². The van der Waals surface area contributed by atoms with Crippen molar-refractivity contribution in [3.8, 4) is 5.75 Å². The number of carbonyl (C=O) groups excluding carboxylic acids is 3. The topological polar surface area (TPSA) is 171 Å². The summed E-state index contributed by atoms with van der Waals surface area (Å²) in [5.74, 6) is -2.57. The maximum absolute atomic E-state index is 13.2. The van der Waals surface area contributed by atoms with Crippen molar-refractivity contribution in [1.29, 1.82) is 0 Å². The van der Waals surface area contributed by atoms with Crippen LogP contribution in [0.1, 0.15) is 46.1 Å². The highest BCUT2D eigenvalue weighted by molar-refractivity contribution is 7.98. The Kier molecular flexibility index (Phi) is 13.3. The standard InChI is InChI=1S/C25H40N4O6S/c1-6-15(4)21(29-23(32)20(26)14(2)3)24(33)27-18(11-12-36-5)22(31)28-19(25(34)35)13-16-7-9-17(30)10-8-16/h7-10,14-15,18-21,30H,6,11-13,26H2,1-5H3,(H,27,33)(H,28,31)(H,29,32)(H,34,35). The van der Waals surface area contributed by atoms with Crippen LogP contribution in [0.2, 0.25) is 0 Å². The monoisotopic (exact) mass is 524 g/mol. The van der Waals surface area contributed by atoms with Crippen LogP contribution in [0.5, 0.6) is 5.75 Å². The molecule has 36 heavy (non-hydrogen) atoms. The molecule has 0 aliphatic rings. The third-order valence-electron chi connectivity index (χ3n) is 6.05. The molecule has 0 aliphatic heterocycles. The van der Waals surface area contributed by atoms with Gasteiger partial charge in [0, 0.05) is 6.42 Å². The Bertz CT molecular complexity index is 880. The highest BCUT2D eigenvalue weighted by atomic mass is 32.2. The number of nitrogens with one attached hydrogen (secondary N) is 3. The van der Waals surface area contributed by atoms with E-state index in [0.717, 1.165) is 0 Å². The van der Waals surface area contributed by atoms with Crippen molar-refractivity contribution < 1.29 is 29.4 Å². The Morgan fingerprint density at radius 3 is 2.03 bits per heavy atom. The van der Waals surface area contributed by atoms with Gasteiger partial charge in [-0.15, -0.1) is 0 Å². The maximum Gasteiger partial charge on any atom is 0.326 e. The summed E-state index contributed by atoms with van der Waals surface area (Å²) in [5.41, 5.74) is 6.56. The summed E-state index contributed by atoms with van der Waals surface area (Å²) >= 11 is 1.48. The molecule has 0 fully saturated rings. The highest BCUT2D eigenvalue weighted by Gasteiger charge is 2.32. The van der Waals surface area contributed by atoms with Gasteiger partial charge in [-0.05, 0) is 48.0 Å². The molecule has 0 saturated carbocycles. The Morgan fingerprint density at radius 2 is 1.53 bits per heavy atom. The van der Waals surface area contributed by atoms with Crippen molar-refractivity contribution in [2.75, 3.05) is 12.0 Å². The average molecular weight is 525 g/mol. The number of amides is 3. The molecule has 0 heterocycles. The van der Waals surface area contributed by atoms with E-state index in [9.17, 15) is 29.4 Å². The minimum atomic E-state index is -1.23. The third kappa shape index (κ3) is 10.1. The summed E-state index contributed by atoms with van der Waals surface area (Å²) in [6.45, 7) is 7.32. The fourth-order valence-electron chi connectivity index (χ4n) is 3.36. The number of phenols is 1. The van der Waals surface area contributed by atoms with Crippen LogP contribution in [0.3, 0.4) is 0 Å². The van der Waals surface area contributed by atoms with Crippen LogP contribution < -0.4 is 21.7 Å². The average Bonchev–Trinajstić information content (AvgIpc) is 2.84. The molecule has 10 nitrogen and oxygen atoms in total. The minimum absolute atomic E-state index is 0.00316. The molecule has 1 rings (SSSR count). The fourth-order valence-corrected chi connectivity index (χ4v) is 3.83. The Morgan fingerprint density at radius 1 is 0.944 bits per heavy atom. The smallest absolute Gasteiger partial charge is 0.326 e. The molecule has 0 aliphatic carbocycles. The predicted octanol–water partition coefficient (Wildman–Crippen LogP) is 1.26. The number of aromatic hydroxyl groups is 1. The first kappa shape index (κ1) is 31.2. The summed E-state index contributed by atoms with van der Waals surface area (Å²) < 4.78 is 0.